The van der Waals surface area contributed by atoms with Crippen LogP contribution < -0.4 is 0 Å². The molecule has 0 aliphatic rings. The third-order valence-electron chi connectivity index (χ3n) is 2.38. The SMILES string of the molecule is CCc1ccc(-c2cnnc(SC)n2)cc1. The minimum atomic E-state index is 0.706. The number of benzene rings is 1. The molecular weight excluding hydrogens is 218 g/mol. The van der Waals surface area contributed by atoms with E-state index in [1.54, 1.807) is 6.20 Å². The number of nitrogens with zero attached hydrogens (tertiary/aromatic N) is 3. The molecule has 1 aromatic heterocycles. The Bertz CT molecular complexity index is 468. The van der Waals surface area contributed by atoms with Gasteiger partial charge >= 0.3 is 0 Å². The molecule has 2 rings (SSSR count). The molecule has 16 heavy (non-hydrogen) atoms. The van der Waals surface area contributed by atoms with Crippen LogP contribution in [0.5, 0.6) is 0 Å². The summed E-state index contributed by atoms with van der Waals surface area (Å²) in [6.07, 6.45) is 4.69. The molecule has 0 saturated carbocycles. The van der Waals surface area contributed by atoms with Gasteiger partial charge in [0.1, 0.15) is 0 Å². The molecule has 0 amide bonds. The van der Waals surface area contributed by atoms with E-state index < -0.39 is 0 Å². The summed E-state index contributed by atoms with van der Waals surface area (Å²) in [4.78, 5) is 4.41. The third kappa shape index (κ3) is 2.39. The zero-order valence-electron chi connectivity index (χ0n) is 9.34. The van der Waals surface area contributed by atoms with Crippen LogP contribution in [0, 0.1) is 0 Å². The van der Waals surface area contributed by atoms with Gasteiger partial charge in [0.05, 0.1) is 11.9 Å². The largest absolute Gasteiger partial charge is 0.219 e. The van der Waals surface area contributed by atoms with Crippen molar-refractivity contribution in [2.75, 3.05) is 6.26 Å². The van der Waals surface area contributed by atoms with Gasteiger partial charge in [-0.15, -0.1) is 5.10 Å². The highest BCUT2D eigenvalue weighted by atomic mass is 32.2. The van der Waals surface area contributed by atoms with Crippen LogP contribution in [0.1, 0.15) is 12.5 Å². The molecule has 82 valence electrons. The second kappa shape index (κ2) is 5.07. The highest BCUT2D eigenvalue weighted by Gasteiger charge is 2.02. The van der Waals surface area contributed by atoms with E-state index in [0.29, 0.717) is 5.16 Å². The maximum absolute atomic E-state index is 4.41. The zero-order chi connectivity index (χ0) is 11.4. The summed E-state index contributed by atoms with van der Waals surface area (Å²) in [5.41, 5.74) is 3.29. The van der Waals surface area contributed by atoms with Gasteiger partial charge in [0.2, 0.25) is 5.16 Å². The predicted octanol–water partition coefficient (Wildman–Crippen LogP) is 2.82. The minimum Gasteiger partial charge on any atom is -0.219 e. The lowest BCUT2D eigenvalue weighted by Crippen LogP contribution is -1.92. The first-order chi connectivity index (χ1) is 7.83. The molecule has 4 heteroatoms. The van der Waals surface area contributed by atoms with Crippen molar-refractivity contribution in [3.8, 4) is 11.3 Å². The lowest BCUT2D eigenvalue weighted by atomic mass is 10.1. The lowest BCUT2D eigenvalue weighted by Gasteiger charge is -2.02. The molecule has 1 aromatic carbocycles. The van der Waals surface area contributed by atoms with E-state index in [-0.39, 0.29) is 0 Å². The van der Waals surface area contributed by atoms with Crippen LogP contribution >= 0.6 is 11.8 Å². The Morgan fingerprint density at radius 1 is 1.19 bits per heavy atom. The number of hydrogen-bond donors (Lipinski definition) is 0. The van der Waals surface area contributed by atoms with Gasteiger partial charge in [0, 0.05) is 5.56 Å². The van der Waals surface area contributed by atoms with E-state index in [9.17, 15) is 0 Å². The highest BCUT2D eigenvalue weighted by molar-refractivity contribution is 7.98. The Hall–Kier alpha value is -1.42. The van der Waals surface area contributed by atoms with E-state index in [4.69, 9.17) is 0 Å². The number of aromatic nitrogens is 3. The fourth-order valence-electron chi connectivity index (χ4n) is 1.42. The minimum absolute atomic E-state index is 0.706. The van der Waals surface area contributed by atoms with Crippen molar-refractivity contribution in [2.45, 2.75) is 18.5 Å². The zero-order valence-corrected chi connectivity index (χ0v) is 10.2. The Labute approximate surface area is 99.3 Å². The van der Waals surface area contributed by atoms with Crippen LogP contribution in [0.3, 0.4) is 0 Å². The van der Waals surface area contributed by atoms with E-state index in [1.807, 2.05) is 6.26 Å². The van der Waals surface area contributed by atoms with Crippen molar-refractivity contribution in [2.24, 2.45) is 0 Å². The van der Waals surface area contributed by atoms with Gasteiger partial charge in [-0.2, -0.15) is 5.10 Å². The first kappa shape index (κ1) is 11.1. The second-order valence-corrected chi connectivity index (χ2v) is 4.15. The topological polar surface area (TPSA) is 38.7 Å². The van der Waals surface area contributed by atoms with Crippen LogP contribution in [0.25, 0.3) is 11.3 Å². The molecule has 0 unspecified atom stereocenters. The molecule has 0 saturated heterocycles. The average Bonchev–Trinajstić information content (AvgIpc) is 2.39. The quantitative estimate of drug-likeness (QED) is 0.761. The molecule has 0 N–H and O–H groups in total. The van der Waals surface area contributed by atoms with Crippen molar-refractivity contribution in [3.05, 3.63) is 36.0 Å². The van der Waals surface area contributed by atoms with Gasteiger partial charge in [-0.3, -0.25) is 0 Å². The number of thioether (sulfide) groups is 1. The third-order valence-corrected chi connectivity index (χ3v) is 2.92. The first-order valence-corrected chi connectivity index (χ1v) is 6.39. The van der Waals surface area contributed by atoms with E-state index in [1.165, 1.54) is 17.3 Å². The van der Waals surface area contributed by atoms with Gasteiger partial charge < -0.3 is 0 Å². The molecule has 0 fully saturated rings. The van der Waals surface area contributed by atoms with Crippen LogP contribution in [0.4, 0.5) is 0 Å². The fourth-order valence-corrected chi connectivity index (χ4v) is 1.74. The van der Waals surface area contributed by atoms with Crippen molar-refractivity contribution in [1.29, 1.82) is 0 Å². The summed E-state index contributed by atoms with van der Waals surface area (Å²) in [6.45, 7) is 2.15. The van der Waals surface area contributed by atoms with Crippen molar-refractivity contribution < 1.29 is 0 Å². The summed E-state index contributed by atoms with van der Waals surface area (Å²) in [7, 11) is 0. The Balaban J connectivity index is 2.34. The van der Waals surface area contributed by atoms with Crippen LogP contribution in [0.15, 0.2) is 35.6 Å². The normalized spacial score (nSPS) is 10.4. The molecule has 0 aliphatic heterocycles. The van der Waals surface area contributed by atoms with Gasteiger partial charge in [0.25, 0.3) is 0 Å². The molecule has 0 spiro atoms. The summed E-state index contributed by atoms with van der Waals surface area (Å²) in [5.74, 6) is 0. The van der Waals surface area contributed by atoms with Gasteiger partial charge in [-0.25, -0.2) is 4.98 Å². The summed E-state index contributed by atoms with van der Waals surface area (Å²) in [6, 6.07) is 8.40. The van der Waals surface area contributed by atoms with Crippen LogP contribution in [0.2, 0.25) is 0 Å². The van der Waals surface area contributed by atoms with Crippen LogP contribution in [-0.2, 0) is 6.42 Å². The highest BCUT2D eigenvalue weighted by Crippen LogP contribution is 2.18. The molecule has 2 aromatic rings. The predicted molar refractivity (Wildman–Crippen MR) is 66.4 cm³/mol. The standard InChI is InChI=1S/C12H13N3S/c1-3-9-4-6-10(7-5-9)11-8-13-15-12(14-11)16-2/h4-8H,3H2,1-2H3. The molecule has 0 radical (unpaired) electrons. The summed E-state index contributed by atoms with van der Waals surface area (Å²) < 4.78 is 0. The van der Waals surface area contributed by atoms with Crippen LogP contribution in [-0.4, -0.2) is 21.4 Å². The monoisotopic (exact) mass is 231 g/mol. The number of hydrogen-bond acceptors (Lipinski definition) is 4. The smallest absolute Gasteiger partial charge is 0.209 e. The Morgan fingerprint density at radius 3 is 2.56 bits per heavy atom. The van der Waals surface area contributed by atoms with E-state index in [2.05, 4.69) is 46.4 Å². The molecule has 0 bridgehead atoms. The van der Waals surface area contributed by atoms with Crippen molar-refractivity contribution >= 4 is 11.8 Å². The van der Waals surface area contributed by atoms with Gasteiger partial charge in [-0.1, -0.05) is 43.0 Å². The van der Waals surface area contributed by atoms with E-state index >= 15 is 0 Å². The van der Waals surface area contributed by atoms with Crippen molar-refractivity contribution in [3.63, 3.8) is 0 Å². The first-order valence-electron chi connectivity index (χ1n) is 5.16. The van der Waals surface area contributed by atoms with Crippen molar-refractivity contribution in [1.82, 2.24) is 15.2 Å². The maximum Gasteiger partial charge on any atom is 0.209 e. The number of aryl methyl sites for hydroxylation is 1. The van der Waals surface area contributed by atoms with E-state index in [0.717, 1.165) is 17.7 Å². The fraction of sp³-hybridized carbons (Fsp3) is 0.250. The van der Waals surface area contributed by atoms with Gasteiger partial charge in [-0.05, 0) is 18.2 Å². The summed E-state index contributed by atoms with van der Waals surface area (Å²) in [5, 5.41) is 8.57. The number of rotatable bonds is 3. The molecule has 3 nitrogen and oxygen atoms in total. The molecular formula is C12H13N3S. The molecule has 0 aliphatic carbocycles. The second-order valence-electron chi connectivity index (χ2n) is 3.38. The molecule has 1 heterocycles. The Kier molecular flexibility index (Phi) is 3.51. The average molecular weight is 231 g/mol. The van der Waals surface area contributed by atoms with Gasteiger partial charge in [0.15, 0.2) is 0 Å². The Morgan fingerprint density at radius 2 is 1.94 bits per heavy atom. The summed E-state index contributed by atoms with van der Waals surface area (Å²) >= 11 is 1.50. The lowest BCUT2D eigenvalue weighted by molar-refractivity contribution is 0.846. The maximum atomic E-state index is 4.41. The molecule has 0 atom stereocenters.